The van der Waals surface area contributed by atoms with E-state index in [1.807, 2.05) is 0 Å². The number of hydrogen-bond acceptors (Lipinski definition) is 1. The molecule has 1 aliphatic rings. The van der Waals surface area contributed by atoms with Gasteiger partial charge in [0.15, 0.2) is 0 Å². The molecular weight excluding hydrogens is 376 g/mol. The molecule has 0 aliphatic heterocycles. The molecule has 1 aliphatic carbocycles. The molecule has 0 aromatic heterocycles. The molecule has 4 aromatic carbocycles. The summed E-state index contributed by atoms with van der Waals surface area (Å²) >= 11 is 0. The van der Waals surface area contributed by atoms with E-state index < -0.39 is 0 Å². The first-order chi connectivity index (χ1) is 14.7. The van der Waals surface area contributed by atoms with E-state index in [1.165, 1.54) is 57.1 Å². The van der Waals surface area contributed by atoms with Gasteiger partial charge in [-0.3, -0.25) is 0 Å². The standard InChI is InChI=1S/C30H36O/c1-18(2)26-12-7-19(3)13-27(26)31-25-16-22-10-8-20-14-24(30(4,5)6)15-21-9-11-23(17-25)29(22)28(20)21/h8-11,14-19,26-27H,7,12-13H2,1-6H3. The summed E-state index contributed by atoms with van der Waals surface area (Å²) in [4.78, 5) is 0. The van der Waals surface area contributed by atoms with Crippen molar-refractivity contribution in [3.63, 3.8) is 0 Å². The maximum atomic E-state index is 6.71. The zero-order chi connectivity index (χ0) is 21.9. The molecular formula is C30H36O. The van der Waals surface area contributed by atoms with Crippen LogP contribution < -0.4 is 4.74 Å². The summed E-state index contributed by atoms with van der Waals surface area (Å²) in [5.74, 6) is 3.10. The molecule has 1 saturated carbocycles. The highest BCUT2D eigenvalue weighted by Gasteiger charge is 2.32. The van der Waals surface area contributed by atoms with E-state index in [-0.39, 0.29) is 5.41 Å². The molecule has 0 heterocycles. The zero-order valence-electron chi connectivity index (χ0n) is 20.0. The van der Waals surface area contributed by atoms with E-state index >= 15 is 0 Å². The molecule has 0 N–H and O–H groups in total. The smallest absolute Gasteiger partial charge is 0.120 e. The van der Waals surface area contributed by atoms with Gasteiger partial charge in [0.2, 0.25) is 0 Å². The van der Waals surface area contributed by atoms with Crippen molar-refractivity contribution in [3.05, 3.63) is 54.1 Å². The lowest BCUT2D eigenvalue weighted by Gasteiger charge is -2.37. The van der Waals surface area contributed by atoms with Gasteiger partial charge in [-0.05, 0) is 86.0 Å². The Bertz CT molecular complexity index is 1160. The minimum Gasteiger partial charge on any atom is -0.490 e. The second-order valence-electron chi connectivity index (χ2n) is 11.4. The SMILES string of the molecule is CC1CCC(C(C)C)C(Oc2cc3ccc4cc(C(C)(C)C)cc5ccc(c2)c3c45)C1. The van der Waals surface area contributed by atoms with Crippen molar-refractivity contribution in [3.8, 4) is 5.75 Å². The average molecular weight is 413 g/mol. The highest BCUT2D eigenvalue weighted by molar-refractivity contribution is 6.23. The minimum absolute atomic E-state index is 0.148. The molecule has 0 spiro atoms. The molecule has 1 fully saturated rings. The first-order valence-corrected chi connectivity index (χ1v) is 12.1. The van der Waals surface area contributed by atoms with Crippen LogP contribution in [0.2, 0.25) is 0 Å². The van der Waals surface area contributed by atoms with Crippen molar-refractivity contribution in [1.29, 1.82) is 0 Å². The van der Waals surface area contributed by atoms with Crippen LogP contribution in [0.4, 0.5) is 0 Å². The van der Waals surface area contributed by atoms with Crippen LogP contribution in [-0.4, -0.2) is 6.10 Å². The van der Waals surface area contributed by atoms with E-state index in [0.717, 1.165) is 11.7 Å². The Morgan fingerprint density at radius 1 is 0.806 bits per heavy atom. The molecule has 3 unspecified atom stereocenters. The first kappa shape index (κ1) is 20.6. The lowest BCUT2D eigenvalue weighted by Crippen LogP contribution is -2.36. The van der Waals surface area contributed by atoms with Gasteiger partial charge in [0.25, 0.3) is 0 Å². The van der Waals surface area contributed by atoms with Gasteiger partial charge < -0.3 is 4.74 Å². The van der Waals surface area contributed by atoms with Crippen molar-refractivity contribution in [1.82, 2.24) is 0 Å². The van der Waals surface area contributed by atoms with Gasteiger partial charge in [-0.2, -0.15) is 0 Å². The lowest BCUT2D eigenvalue weighted by molar-refractivity contribution is 0.0462. The summed E-state index contributed by atoms with van der Waals surface area (Å²) < 4.78 is 6.71. The van der Waals surface area contributed by atoms with Crippen LogP contribution in [-0.2, 0) is 5.41 Å². The third kappa shape index (κ3) is 3.67. The maximum absolute atomic E-state index is 6.71. The van der Waals surface area contributed by atoms with Crippen molar-refractivity contribution >= 4 is 32.3 Å². The Morgan fingerprint density at radius 2 is 1.32 bits per heavy atom. The fourth-order valence-electron chi connectivity index (χ4n) is 5.74. The van der Waals surface area contributed by atoms with Gasteiger partial charge in [0, 0.05) is 0 Å². The molecule has 1 heteroatoms. The van der Waals surface area contributed by atoms with Crippen molar-refractivity contribution in [2.75, 3.05) is 0 Å². The van der Waals surface area contributed by atoms with E-state index in [2.05, 4.69) is 90.1 Å². The third-order valence-electron chi connectivity index (χ3n) is 7.62. The summed E-state index contributed by atoms with van der Waals surface area (Å²) in [6.07, 6.45) is 4.11. The van der Waals surface area contributed by atoms with Crippen molar-refractivity contribution in [2.45, 2.75) is 72.3 Å². The van der Waals surface area contributed by atoms with Crippen LogP contribution in [0, 0.1) is 17.8 Å². The molecule has 162 valence electrons. The molecule has 31 heavy (non-hydrogen) atoms. The number of benzene rings is 4. The zero-order valence-corrected chi connectivity index (χ0v) is 20.0. The Labute approximate surface area is 187 Å². The summed E-state index contributed by atoms with van der Waals surface area (Å²) in [6, 6.07) is 18.5. The highest BCUT2D eigenvalue weighted by atomic mass is 16.5. The molecule has 0 saturated heterocycles. The van der Waals surface area contributed by atoms with Crippen LogP contribution in [0.3, 0.4) is 0 Å². The summed E-state index contributed by atoms with van der Waals surface area (Å²) in [6.45, 7) is 14.0. The number of ether oxygens (including phenoxy) is 1. The van der Waals surface area contributed by atoms with Gasteiger partial charge in [-0.1, -0.05) is 84.4 Å². The predicted molar refractivity (Wildman–Crippen MR) is 135 cm³/mol. The van der Waals surface area contributed by atoms with E-state index in [9.17, 15) is 0 Å². The molecule has 3 atom stereocenters. The third-order valence-corrected chi connectivity index (χ3v) is 7.62. The van der Waals surface area contributed by atoms with E-state index in [1.54, 1.807) is 0 Å². The van der Waals surface area contributed by atoms with Crippen molar-refractivity contribution in [2.24, 2.45) is 17.8 Å². The largest absolute Gasteiger partial charge is 0.490 e. The second-order valence-corrected chi connectivity index (χ2v) is 11.4. The molecule has 0 bridgehead atoms. The van der Waals surface area contributed by atoms with Crippen LogP contribution in [0.25, 0.3) is 32.3 Å². The number of rotatable bonds is 3. The van der Waals surface area contributed by atoms with Gasteiger partial charge in [0.1, 0.15) is 11.9 Å². The fraction of sp³-hybridized carbons (Fsp3) is 0.467. The maximum Gasteiger partial charge on any atom is 0.120 e. The Balaban J connectivity index is 1.60. The van der Waals surface area contributed by atoms with E-state index in [4.69, 9.17) is 4.74 Å². The fourth-order valence-corrected chi connectivity index (χ4v) is 5.74. The van der Waals surface area contributed by atoms with Gasteiger partial charge in [0.05, 0.1) is 0 Å². The quantitative estimate of drug-likeness (QED) is 0.306. The summed E-state index contributed by atoms with van der Waals surface area (Å²) in [7, 11) is 0. The van der Waals surface area contributed by atoms with Crippen LogP contribution in [0.1, 0.15) is 66.4 Å². The molecule has 5 rings (SSSR count). The van der Waals surface area contributed by atoms with Crippen molar-refractivity contribution < 1.29 is 4.74 Å². The van der Waals surface area contributed by atoms with Crippen LogP contribution in [0.5, 0.6) is 5.75 Å². The van der Waals surface area contributed by atoms with Crippen LogP contribution >= 0.6 is 0 Å². The predicted octanol–water partition coefficient (Wildman–Crippen LogP) is 8.72. The highest BCUT2D eigenvalue weighted by Crippen LogP contribution is 2.41. The Hall–Kier alpha value is -2.28. The second kappa shape index (κ2) is 7.40. The first-order valence-electron chi connectivity index (χ1n) is 12.1. The summed E-state index contributed by atoms with van der Waals surface area (Å²) in [5, 5.41) is 8.03. The normalized spacial score (nSPS) is 22.7. The monoisotopic (exact) mass is 412 g/mol. The Kier molecular flexibility index (Phi) is 4.92. The van der Waals surface area contributed by atoms with Crippen LogP contribution in [0.15, 0.2) is 48.5 Å². The lowest BCUT2D eigenvalue weighted by atomic mass is 9.75. The van der Waals surface area contributed by atoms with Gasteiger partial charge in [-0.15, -0.1) is 0 Å². The van der Waals surface area contributed by atoms with Gasteiger partial charge in [-0.25, -0.2) is 0 Å². The Morgan fingerprint density at radius 3 is 1.81 bits per heavy atom. The molecule has 0 amide bonds. The van der Waals surface area contributed by atoms with Gasteiger partial charge >= 0.3 is 0 Å². The van der Waals surface area contributed by atoms with E-state index in [0.29, 0.717) is 17.9 Å². The topological polar surface area (TPSA) is 9.23 Å². The molecule has 4 aromatic rings. The molecule has 1 nitrogen and oxygen atoms in total. The molecule has 0 radical (unpaired) electrons. The summed E-state index contributed by atoms with van der Waals surface area (Å²) in [5.41, 5.74) is 1.55. The average Bonchev–Trinajstić information content (AvgIpc) is 2.70. The minimum atomic E-state index is 0.148. The number of hydrogen-bond donors (Lipinski definition) is 0.